The van der Waals surface area contributed by atoms with Gasteiger partial charge in [0.15, 0.2) is 10.7 Å². The van der Waals surface area contributed by atoms with Crippen LogP contribution in [0.3, 0.4) is 0 Å². The summed E-state index contributed by atoms with van der Waals surface area (Å²) in [7, 11) is -3.85. The average Bonchev–Trinajstić information content (AvgIpc) is 3.24. The molecule has 1 aromatic carbocycles. The highest BCUT2D eigenvalue weighted by atomic mass is 32.2. The lowest BCUT2D eigenvalue weighted by Gasteiger charge is -2.38. The third-order valence-corrected chi connectivity index (χ3v) is 8.82. The molecule has 0 saturated carbocycles. The Morgan fingerprint density at radius 3 is 2.47 bits per heavy atom. The summed E-state index contributed by atoms with van der Waals surface area (Å²) in [4.78, 5) is 17.5. The summed E-state index contributed by atoms with van der Waals surface area (Å²) in [5.41, 5.74) is 2.42. The van der Waals surface area contributed by atoms with Crippen molar-refractivity contribution in [3.05, 3.63) is 46.8 Å². The molecule has 0 spiro atoms. The van der Waals surface area contributed by atoms with E-state index < -0.39 is 10.0 Å². The minimum absolute atomic E-state index is 0.0668. The molecular weight excluding hydrogens is 452 g/mol. The van der Waals surface area contributed by atoms with Crippen molar-refractivity contribution in [2.75, 3.05) is 45.8 Å². The molecule has 3 heterocycles. The largest absolute Gasteiger partial charge is 0.355 e. The fourth-order valence-electron chi connectivity index (χ4n) is 4.68. The number of benzene rings is 1. The van der Waals surface area contributed by atoms with Crippen molar-refractivity contribution in [3.63, 3.8) is 0 Å². The molecule has 2 saturated heterocycles. The zero-order valence-electron chi connectivity index (χ0n) is 20.2. The Bertz CT molecular complexity index is 1130. The van der Waals surface area contributed by atoms with Gasteiger partial charge in [0.25, 0.3) is 0 Å². The number of nitrogens with zero attached hydrogens (tertiary/aromatic N) is 4. The Kier molecular flexibility index (Phi) is 7.54. The molecule has 184 valence electrons. The number of rotatable bonds is 6. The summed E-state index contributed by atoms with van der Waals surface area (Å²) in [6.45, 7) is 10.5. The third-order valence-electron chi connectivity index (χ3n) is 6.80. The molecule has 2 fully saturated rings. The summed E-state index contributed by atoms with van der Waals surface area (Å²) < 4.78 is 34.1. The second-order valence-electron chi connectivity index (χ2n) is 9.17. The van der Waals surface area contributed by atoms with Crippen LogP contribution in [0.4, 0.5) is 0 Å². The molecule has 4 rings (SSSR count). The normalized spacial score (nSPS) is 20.8. The first-order valence-electron chi connectivity index (χ1n) is 12.0. The van der Waals surface area contributed by atoms with Crippen LogP contribution in [0.15, 0.2) is 33.7 Å². The molecule has 1 aromatic heterocycles. The highest BCUT2D eigenvalue weighted by molar-refractivity contribution is 7.89. The van der Waals surface area contributed by atoms with Crippen LogP contribution in [0.5, 0.6) is 0 Å². The maximum Gasteiger partial charge on any atom is 0.248 e. The number of carbonyl (C=O) groups is 1. The van der Waals surface area contributed by atoms with Crippen LogP contribution < -0.4 is 0 Å². The van der Waals surface area contributed by atoms with Crippen molar-refractivity contribution in [1.29, 1.82) is 0 Å². The van der Waals surface area contributed by atoms with Gasteiger partial charge in [0.1, 0.15) is 5.69 Å². The minimum Gasteiger partial charge on any atom is -0.355 e. The molecule has 0 aliphatic carbocycles. The molecule has 2 aromatic rings. The number of sulfonamides is 1. The van der Waals surface area contributed by atoms with Gasteiger partial charge in [-0.2, -0.15) is 4.31 Å². The summed E-state index contributed by atoms with van der Waals surface area (Å²) in [5, 5.41) is 3.93. The minimum atomic E-state index is -3.85. The van der Waals surface area contributed by atoms with Crippen LogP contribution in [0.2, 0.25) is 0 Å². The van der Waals surface area contributed by atoms with Gasteiger partial charge in [0, 0.05) is 39.3 Å². The van der Waals surface area contributed by atoms with E-state index in [1.54, 1.807) is 13.0 Å². The van der Waals surface area contributed by atoms with Crippen molar-refractivity contribution in [2.45, 2.75) is 38.5 Å². The lowest BCUT2D eigenvalue weighted by atomic mass is 9.98. The zero-order chi connectivity index (χ0) is 24.3. The van der Waals surface area contributed by atoms with Crippen LogP contribution in [0.1, 0.15) is 42.3 Å². The number of carbonyl (C=O) groups excluding carboxylic acids is 1. The Morgan fingerprint density at radius 2 is 1.79 bits per heavy atom. The highest BCUT2D eigenvalue weighted by Gasteiger charge is 2.38. The molecule has 1 atom stereocenters. The van der Waals surface area contributed by atoms with E-state index in [0.29, 0.717) is 38.2 Å². The number of amides is 1. The number of likely N-dealkylation sites (N-methyl/N-ethyl adjacent to an activating group) is 1. The average molecular weight is 487 g/mol. The number of piperazine rings is 1. The summed E-state index contributed by atoms with van der Waals surface area (Å²) in [5.74, 6) is -0.0391. The second kappa shape index (κ2) is 10.4. The molecule has 2 aliphatic heterocycles. The summed E-state index contributed by atoms with van der Waals surface area (Å²) in [6, 6.07) is 7.92. The first-order chi connectivity index (χ1) is 16.3. The van der Waals surface area contributed by atoms with Gasteiger partial charge in [-0.1, -0.05) is 48.0 Å². The van der Waals surface area contributed by atoms with Gasteiger partial charge in [-0.25, -0.2) is 8.42 Å². The SMILES string of the molecule is CCN1CCN(C(=O)C2CCCN(S(=O)(=O)c3c(C)noc3/C=C/c3ccc(C)cc3)C2)CC1. The monoisotopic (exact) mass is 486 g/mol. The Hall–Kier alpha value is -2.49. The van der Waals surface area contributed by atoms with Crippen molar-refractivity contribution < 1.29 is 17.7 Å². The van der Waals surface area contributed by atoms with Gasteiger partial charge in [-0.05, 0) is 44.9 Å². The zero-order valence-corrected chi connectivity index (χ0v) is 21.1. The van der Waals surface area contributed by atoms with E-state index >= 15 is 0 Å². The molecule has 0 radical (unpaired) electrons. The van der Waals surface area contributed by atoms with Crippen molar-refractivity contribution >= 4 is 28.1 Å². The van der Waals surface area contributed by atoms with Crippen LogP contribution in [0, 0.1) is 19.8 Å². The molecule has 34 heavy (non-hydrogen) atoms. The smallest absolute Gasteiger partial charge is 0.248 e. The van der Waals surface area contributed by atoms with E-state index in [4.69, 9.17) is 4.52 Å². The Balaban J connectivity index is 1.50. The first kappa shape index (κ1) is 24.6. The molecule has 1 unspecified atom stereocenters. The van der Waals surface area contributed by atoms with Crippen LogP contribution in [-0.4, -0.2) is 79.4 Å². The van der Waals surface area contributed by atoms with Gasteiger partial charge < -0.3 is 14.3 Å². The maximum atomic E-state index is 13.6. The van der Waals surface area contributed by atoms with Crippen molar-refractivity contribution in [3.8, 4) is 0 Å². The standard InChI is InChI=1S/C25H34N4O4S/c1-4-27-14-16-28(17-15-27)25(30)22-6-5-13-29(18-22)34(31,32)24-20(3)26-33-23(24)12-11-21-9-7-19(2)8-10-21/h7-12,22H,4-6,13-18H2,1-3H3/b12-11+. The van der Waals surface area contributed by atoms with Gasteiger partial charge >= 0.3 is 0 Å². The Labute approximate surface area is 202 Å². The number of hydrogen-bond acceptors (Lipinski definition) is 6. The summed E-state index contributed by atoms with van der Waals surface area (Å²) >= 11 is 0. The molecule has 1 amide bonds. The third kappa shape index (κ3) is 5.26. The Morgan fingerprint density at radius 1 is 1.09 bits per heavy atom. The second-order valence-corrected chi connectivity index (χ2v) is 11.0. The quantitative estimate of drug-likeness (QED) is 0.624. The molecule has 8 nitrogen and oxygen atoms in total. The van der Waals surface area contributed by atoms with E-state index in [9.17, 15) is 13.2 Å². The molecule has 9 heteroatoms. The fraction of sp³-hybridized carbons (Fsp3) is 0.520. The van der Waals surface area contributed by atoms with Crippen molar-refractivity contribution in [1.82, 2.24) is 19.3 Å². The fourth-order valence-corrected chi connectivity index (χ4v) is 6.46. The van der Waals surface area contributed by atoms with E-state index in [1.807, 2.05) is 42.2 Å². The first-order valence-corrected chi connectivity index (χ1v) is 13.5. The molecule has 0 bridgehead atoms. The lowest BCUT2D eigenvalue weighted by molar-refractivity contribution is -0.138. The predicted octanol–water partition coefficient (Wildman–Crippen LogP) is 3.03. The molecule has 2 aliphatic rings. The summed E-state index contributed by atoms with van der Waals surface area (Å²) in [6.07, 6.45) is 4.83. The van der Waals surface area contributed by atoms with E-state index in [0.717, 1.165) is 30.8 Å². The number of hydrogen-bond donors (Lipinski definition) is 0. The highest BCUT2D eigenvalue weighted by Crippen LogP contribution is 2.30. The topological polar surface area (TPSA) is 87.0 Å². The maximum absolute atomic E-state index is 13.6. The van der Waals surface area contributed by atoms with Gasteiger partial charge in [0.2, 0.25) is 15.9 Å². The number of aromatic nitrogens is 1. The number of aryl methyl sites for hydroxylation is 2. The number of piperidine rings is 1. The van der Waals surface area contributed by atoms with Crippen molar-refractivity contribution in [2.24, 2.45) is 5.92 Å². The van der Waals surface area contributed by atoms with E-state index in [1.165, 1.54) is 4.31 Å². The van der Waals surface area contributed by atoms with Gasteiger partial charge in [0.05, 0.1) is 5.92 Å². The van der Waals surface area contributed by atoms with E-state index in [2.05, 4.69) is 17.0 Å². The van der Waals surface area contributed by atoms with Crippen LogP contribution in [-0.2, 0) is 14.8 Å². The predicted molar refractivity (Wildman–Crippen MR) is 132 cm³/mol. The van der Waals surface area contributed by atoms with E-state index in [-0.39, 0.29) is 29.0 Å². The van der Waals surface area contributed by atoms with Gasteiger partial charge in [-0.15, -0.1) is 0 Å². The van der Waals surface area contributed by atoms with Crippen LogP contribution in [0.25, 0.3) is 12.2 Å². The lowest BCUT2D eigenvalue weighted by Crippen LogP contribution is -2.52. The van der Waals surface area contributed by atoms with Crippen LogP contribution >= 0.6 is 0 Å². The molecule has 0 N–H and O–H groups in total. The molecular formula is C25H34N4O4S. The van der Waals surface area contributed by atoms with Gasteiger partial charge in [-0.3, -0.25) is 4.79 Å².